The molecule has 0 bridgehead atoms. The average Bonchev–Trinajstić information content (AvgIpc) is 3.35. The van der Waals surface area contributed by atoms with E-state index in [4.69, 9.17) is 7.85 Å². The fourth-order valence-electron chi connectivity index (χ4n) is 3.62. The minimum absolute atomic E-state index is 0.106. The molecule has 2 aliphatic heterocycles. The van der Waals surface area contributed by atoms with Crippen LogP contribution in [0.3, 0.4) is 0 Å². The summed E-state index contributed by atoms with van der Waals surface area (Å²) in [5.74, 6) is 2.21. The molecule has 172 valence electrons. The van der Waals surface area contributed by atoms with Gasteiger partial charge in [0.15, 0.2) is 11.6 Å². The number of rotatable bonds is 4. The molecule has 33 heavy (non-hydrogen) atoms. The number of nitrogens with one attached hydrogen (secondary N) is 1. The minimum atomic E-state index is -0.352. The molecule has 0 saturated carbocycles. The van der Waals surface area contributed by atoms with E-state index in [2.05, 4.69) is 35.3 Å². The Balaban J connectivity index is 0.000000234. The number of nitro benzene ring substituents is 1. The van der Waals surface area contributed by atoms with Crippen LogP contribution < -0.4 is 20.6 Å². The molecule has 10 nitrogen and oxygen atoms in total. The fraction of sp³-hybridized carbons (Fsp3) is 0.455. The van der Waals surface area contributed by atoms with Crippen LogP contribution in [-0.2, 0) is 0 Å². The number of non-ortho nitro benzene ring substituents is 1. The highest BCUT2D eigenvalue weighted by Crippen LogP contribution is 2.35. The van der Waals surface area contributed by atoms with Gasteiger partial charge in [0, 0.05) is 68.5 Å². The van der Waals surface area contributed by atoms with Crippen molar-refractivity contribution in [3.8, 4) is 0 Å². The van der Waals surface area contributed by atoms with Crippen molar-refractivity contribution < 1.29 is 4.92 Å². The zero-order chi connectivity index (χ0) is 23.8. The summed E-state index contributed by atoms with van der Waals surface area (Å²) in [4.78, 5) is 22.8. The van der Waals surface area contributed by atoms with Gasteiger partial charge in [-0.25, -0.2) is 9.97 Å². The SMILES string of the molecule is CC.O=[N+]([O-])c1ccc2c(N3CCCC3)nnc(N3CCC3)c2c1.[B]c1cnc(NC)nc1. The van der Waals surface area contributed by atoms with Crippen molar-refractivity contribution in [3.05, 3.63) is 40.7 Å². The average molecular weight is 448 g/mol. The Labute approximate surface area is 195 Å². The van der Waals surface area contributed by atoms with E-state index in [9.17, 15) is 10.1 Å². The molecule has 0 amide bonds. The Bertz CT molecular complexity index is 1070. The number of nitro groups is 1. The van der Waals surface area contributed by atoms with Crippen molar-refractivity contribution in [3.63, 3.8) is 0 Å². The Hall–Kier alpha value is -3.50. The molecule has 1 aromatic carbocycles. The molecule has 0 atom stereocenters. The predicted octanol–water partition coefficient (Wildman–Crippen LogP) is 2.69. The molecule has 4 heterocycles. The number of hydrogen-bond acceptors (Lipinski definition) is 9. The predicted molar refractivity (Wildman–Crippen MR) is 133 cm³/mol. The molecular formula is C22H29BN8O2. The first-order chi connectivity index (χ1) is 16.1. The number of benzene rings is 1. The third-order valence-electron chi connectivity index (χ3n) is 5.39. The van der Waals surface area contributed by atoms with Gasteiger partial charge in [-0.05, 0) is 25.3 Å². The van der Waals surface area contributed by atoms with Crippen molar-refractivity contribution in [2.75, 3.05) is 48.3 Å². The molecule has 2 fully saturated rings. The van der Waals surface area contributed by atoms with Crippen LogP contribution in [-0.4, -0.2) is 66.2 Å². The summed E-state index contributed by atoms with van der Waals surface area (Å²) in [6, 6.07) is 5.01. The van der Waals surface area contributed by atoms with Crippen molar-refractivity contribution in [1.29, 1.82) is 0 Å². The van der Waals surface area contributed by atoms with E-state index in [1.54, 1.807) is 31.6 Å². The van der Waals surface area contributed by atoms with Gasteiger partial charge < -0.3 is 15.1 Å². The number of anilines is 3. The standard InChI is InChI=1S/C15H17N5O2.C5H6BN3.C2H6/c21-20(22)11-4-5-12-13(10-11)15(19-8-3-9-19)17-16-14(12)18-6-1-2-7-18;1-7-5-8-2-4(6)3-9-5;1-2/h4-5,10H,1-3,6-9H2;2-3H,1H3,(H,7,8,9);1-2H3. The van der Waals surface area contributed by atoms with Crippen molar-refractivity contribution >= 4 is 47.4 Å². The van der Waals surface area contributed by atoms with Gasteiger partial charge >= 0.3 is 0 Å². The van der Waals surface area contributed by atoms with Gasteiger partial charge in [-0.15, -0.1) is 10.2 Å². The summed E-state index contributed by atoms with van der Waals surface area (Å²) in [7, 11) is 7.08. The molecule has 11 heteroatoms. The summed E-state index contributed by atoms with van der Waals surface area (Å²) in [5.41, 5.74) is 0.684. The third-order valence-corrected chi connectivity index (χ3v) is 5.39. The maximum atomic E-state index is 11.1. The van der Waals surface area contributed by atoms with Crippen molar-refractivity contribution in [1.82, 2.24) is 20.2 Å². The normalized spacial score (nSPS) is 14.5. The van der Waals surface area contributed by atoms with E-state index in [1.165, 1.54) is 0 Å². The summed E-state index contributed by atoms with van der Waals surface area (Å²) < 4.78 is 0. The Morgan fingerprint density at radius 2 is 1.48 bits per heavy atom. The van der Waals surface area contributed by atoms with E-state index in [0.29, 0.717) is 11.4 Å². The summed E-state index contributed by atoms with van der Waals surface area (Å²) in [6.45, 7) is 7.83. The Morgan fingerprint density at radius 3 is 1.97 bits per heavy atom. The number of aromatic nitrogens is 4. The van der Waals surface area contributed by atoms with Crippen LogP contribution in [0.5, 0.6) is 0 Å². The van der Waals surface area contributed by atoms with Gasteiger partial charge in [0.05, 0.1) is 4.92 Å². The first-order valence-corrected chi connectivity index (χ1v) is 11.3. The van der Waals surface area contributed by atoms with Gasteiger partial charge in [-0.3, -0.25) is 10.1 Å². The van der Waals surface area contributed by atoms with Crippen LogP contribution in [0.4, 0.5) is 23.3 Å². The maximum absolute atomic E-state index is 11.1. The van der Waals surface area contributed by atoms with Crippen LogP contribution in [0.1, 0.15) is 33.1 Å². The molecule has 1 N–H and O–H groups in total. The Morgan fingerprint density at radius 1 is 0.939 bits per heavy atom. The largest absolute Gasteiger partial charge is 0.357 e. The highest BCUT2D eigenvalue weighted by molar-refractivity contribution is 6.31. The minimum Gasteiger partial charge on any atom is -0.357 e. The van der Waals surface area contributed by atoms with E-state index in [-0.39, 0.29) is 10.6 Å². The summed E-state index contributed by atoms with van der Waals surface area (Å²) in [6.07, 6.45) is 6.55. The molecular weight excluding hydrogens is 419 g/mol. The molecule has 3 aromatic rings. The van der Waals surface area contributed by atoms with Gasteiger partial charge in [-0.1, -0.05) is 19.3 Å². The van der Waals surface area contributed by atoms with Crippen LogP contribution in [0, 0.1) is 10.1 Å². The molecule has 5 rings (SSSR count). The first kappa shape index (κ1) is 24.2. The number of hydrogen-bond donors (Lipinski definition) is 1. The van der Waals surface area contributed by atoms with Crippen LogP contribution in [0.15, 0.2) is 30.6 Å². The molecule has 2 radical (unpaired) electrons. The molecule has 2 saturated heterocycles. The zero-order valence-corrected chi connectivity index (χ0v) is 19.4. The highest BCUT2D eigenvalue weighted by atomic mass is 16.6. The highest BCUT2D eigenvalue weighted by Gasteiger charge is 2.24. The molecule has 0 spiro atoms. The Kier molecular flexibility index (Phi) is 8.34. The second-order valence-electron chi connectivity index (χ2n) is 7.46. The molecule has 2 aliphatic rings. The second-order valence-corrected chi connectivity index (χ2v) is 7.46. The van der Waals surface area contributed by atoms with E-state index in [1.807, 2.05) is 19.9 Å². The molecule has 0 aliphatic carbocycles. The van der Waals surface area contributed by atoms with E-state index >= 15 is 0 Å². The van der Waals surface area contributed by atoms with Gasteiger partial charge in [-0.2, -0.15) is 0 Å². The lowest BCUT2D eigenvalue weighted by atomic mass is 10.0. The van der Waals surface area contributed by atoms with Crippen molar-refractivity contribution in [2.24, 2.45) is 0 Å². The lowest BCUT2D eigenvalue weighted by Crippen LogP contribution is -2.38. The molecule has 0 unspecified atom stereocenters. The monoisotopic (exact) mass is 448 g/mol. The summed E-state index contributed by atoms with van der Waals surface area (Å²) in [5, 5.41) is 24.5. The maximum Gasteiger partial charge on any atom is 0.270 e. The van der Waals surface area contributed by atoms with Crippen LogP contribution in [0.2, 0.25) is 0 Å². The lowest BCUT2D eigenvalue weighted by Gasteiger charge is -2.32. The lowest BCUT2D eigenvalue weighted by molar-refractivity contribution is -0.384. The van der Waals surface area contributed by atoms with Gasteiger partial charge in [0.2, 0.25) is 5.95 Å². The van der Waals surface area contributed by atoms with Gasteiger partial charge in [0.25, 0.3) is 5.69 Å². The molecule has 2 aromatic heterocycles. The van der Waals surface area contributed by atoms with Gasteiger partial charge in [0.1, 0.15) is 7.85 Å². The third kappa shape index (κ3) is 5.66. The van der Waals surface area contributed by atoms with Crippen LogP contribution in [0.25, 0.3) is 10.8 Å². The van der Waals surface area contributed by atoms with Crippen molar-refractivity contribution in [2.45, 2.75) is 33.1 Å². The fourth-order valence-corrected chi connectivity index (χ4v) is 3.62. The zero-order valence-electron chi connectivity index (χ0n) is 19.4. The quantitative estimate of drug-likeness (QED) is 0.366. The summed E-state index contributed by atoms with van der Waals surface area (Å²) >= 11 is 0. The number of nitrogens with zero attached hydrogens (tertiary/aromatic N) is 7. The van der Waals surface area contributed by atoms with Crippen LogP contribution >= 0.6 is 0 Å². The second kappa shape index (κ2) is 11.4. The first-order valence-electron chi connectivity index (χ1n) is 11.3. The smallest absolute Gasteiger partial charge is 0.270 e. The topological polar surface area (TPSA) is 113 Å². The van der Waals surface area contributed by atoms with E-state index < -0.39 is 0 Å². The van der Waals surface area contributed by atoms with E-state index in [0.717, 1.165) is 67.8 Å². The number of fused-ring (bicyclic) bond motifs is 1.